The average molecular weight is 232 g/mol. The highest BCUT2D eigenvalue weighted by Gasteiger charge is 2.31. The molecule has 1 aliphatic carbocycles. The van der Waals surface area contributed by atoms with Crippen molar-refractivity contribution in [2.24, 2.45) is 5.92 Å². The van der Waals surface area contributed by atoms with Gasteiger partial charge >= 0.3 is 5.97 Å². The molecule has 0 fully saturated rings. The van der Waals surface area contributed by atoms with Crippen molar-refractivity contribution in [1.29, 1.82) is 0 Å². The second-order valence-corrected chi connectivity index (χ2v) is 5.14. The molecule has 0 unspecified atom stereocenters. The van der Waals surface area contributed by atoms with Crippen LogP contribution in [0, 0.1) is 5.92 Å². The van der Waals surface area contributed by atoms with E-state index >= 15 is 0 Å². The maximum atomic E-state index is 11.7. The van der Waals surface area contributed by atoms with Gasteiger partial charge in [0.15, 0.2) is 0 Å². The molecule has 0 saturated heterocycles. The summed E-state index contributed by atoms with van der Waals surface area (Å²) in [5.41, 5.74) is 3.35. The Morgan fingerprint density at radius 1 is 1.47 bits per heavy atom. The molecule has 92 valence electrons. The summed E-state index contributed by atoms with van der Waals surface area (Å²) < 4.78 is 5.45. The van der Waals surface area contributed by atoms with Crippen LogP contribution in [0.4, 0.5) is 0 Å². The number of ether oxygens (including phenoxy) is 1. The van der Waals surface area contributed by atoms with Gasteiger partial charge in [-0.05, 0) is 45.6 Å². The Kier molecular flexibility index (Phi) is 3.51. The first-order valence-corrected chi connectivity index (χ1v) is 6.30. The third kappa shape index (κ3) is 2.68. The summed E-state index contributed by atoms with van der Waals surface area (Å²) in [6, 6.07) is 0. The van der Waals surface area contributed by atoms with Gasteiger partial charge in [-0.2, -0.15) is 0 Å². The lowest BCUT2D eigenvalue weighted by atomic mass is 9.87. The smallest absolute Gasteiger partial charge is 0.334 e. The minimum Gasteiger partial charge on any atom is -0.454 e. The van der Waals surface area contributed by atoms with Crippen molar-refractivity contribution in [3.05, 3.63) is 35.5 Å². The van der Waals surface area contributed by atoms with Crippen LogP contribution in [0.2, 0.25) is 0 Å². The summed E-state index contributed by atoms with van der Waals surface area (Å²) in [4.78, 5) is 11.7. The number of carbonyl (C=O) groups is 1. The van der Waals surface area contributed by atoms with Gasteiger partial charge in [0.05, 0.1) is 0 Å². The lowest BCUT2D eigenvalue weighted by molar-refractivity contribution is -0.141. The van der Waals surface area contributed by atoms with Gasteiger partial charge in [-0.25, -0.2) is 4.79 Å². The Morgan fingerprint density at radius 3 is 2.94 bits per heavy atom. The molecular formula is C15H20O2. The molecule has 2 aliphatic rings. The first-order valence-electron chi connectivity index (χ1n) is 6.30. The van der Waals surface area contributed by atoms with Crippen LogP contribution in [-0.4, -0.2) is 12.1 Å². The van der Waals surface area contributed by atoms with Crippen LogP contribution < -0.4 is 0 Å². The predicted molar refractivity (Wildman–Crippen MR) is 68.5 cm³/mol. The van der Waals surface area contributed by atoms with Gasteiger partial charge in [0.25, 0.3) is 0 Å². The van der Waals surface area contributed by atoms with Gasteiger partial charge in [0.1, 0.15) is 6.10 Å². The minimum atomic E-state index is -0.130. The van der Waals surface area contributed by atoms with E-state index in [4.69, 9.17) is 4.74 Å². The fraction of sp³-hybridized carbons (Fsp3) is 0.533. The number of hydrogen-bond donors (Lipinski definition) is 0. The van der Waals surface area contributed by atoms with Crippen LogP contribution >= 0.6 is 0 Å². The highest BCUT2D eigenvalue weighted by atomic mass is 16.5. The fourth-order valence-electron chi connectivity index (χ4n) is 2.53. The molecule has 0 N–H and O–H groups in total. The number of fused-ring (bicyclic) bond motifs is 1. The SMILES string of the molecule is C=C(C)[C@@H]1CC/C(C)=C\CCC2=C[C@@H]1OC2=O. The summed E-state index contributed by atoms with van der Waals surface area (Å²) >= 11 is 0. The van der Waals surface area contributed by atoms with E-state index in [9.17, 15) is 4.79 Å². The van der Waals surface area contributed by atoms with Crippen LogP contribution in [0.5, 0.6) is 0 Å². The number of esters is 1. The lowest BCUT2D eigenvalue weighted by Crippen LogP contribution is -2.21. The molecule has 0 aromatic heterocycles. The fourth-order valence-corrected chi connectivity index (χ4v) is 2.53. The molecule has 1 heterocycles. The summed E-state index contributed by atoms with van der Waals surface area (Å²) in [5.74, 6) is 0.132. The minimum absolute atomic E-state index is 0.0825. The Hall–Kier alpha value is -1.31. The maximum absolute atomic E-state index is 11.7. The number of allylic oxidation sites excluding steroid dienone is 2. The van der Waals surface area contributed by atoms with Gasteiger partial charge in [-0.15, -0.1) is 0 Å². The van der Waals surface area contributed by atoms with Gasteiger partial charge in [0, 0.05) is 11.5 Å². The van der Waals surface area contributed by atoms with E-state index in [-0.39, 0.29) is 18.0 Å². The standard InChI is InChI=1S/C15H20O2/c1-10(2)13-8-7-11(3)5-4-6-12-9-14(13)17-15(12)16/h5,9,13-14H,1,4,6-8H2,2-3H3/b11-5-/t13-,14-/m0/s1. The summed E-state index contributed by atoms with van der Waals surface area (Å²) in [6.07, 6.45) is 7.99. The molecular weight excluding hydrogens is 212 g/mol. The number of rotatable bonds is 1. The summed E-state index contributed by atoms with van der Waals surface area (Å²) in [5, 5.41) is 0. The van der Waals surface area contributed by atoms with Crippen molar-refractivity contribution in [2.45, 2.75) is 45.6 Å². The average Bonchev–Trinajstić information content (AvgIpc) is 2.59. The highest BCUT2D eigenvalue weighted by Crippen LogP contribution is 2.32. The monoisotopic (exact) mass is 232 g/mol. The van der Waals surface area contributed by atoms with Crippen molar-refractivity contribution in [3.8, 4) is 0 Å². The van der Waals surface area contributed by atoms with E-state index < -0.39 is 0 Å². The second kappa shape index (κ2) is 4.91. The molecule has 2 heteroatoms. The molecule has 0 radical (unpaired) electrons. The largest absolute Gasteiger partial charge is 0.454 e. The Morgan fingerprint density at radius 2 is 2.24 bits per heavy atom. The van der Waals surface area contributed by atoms with E-state index in [1.54, 1.807) is 0 Å². The van der Waals surface area contributed by atoms with Crippen LogP contribution in [0.15, 0.2) is 35.5 Å². The van der Waals surface area contributed by atoms with Crippen molar-refractivity contribution >= 4 is 5.97 Å². The molecule has 0 saturated carbocycles. The molecule has 2 nitrogen and oxygen atoms in total. The maximum Gasteiger partial charge on any atom is 0.334 e. The first kappa shape index (κ1) is 12.2. The van der Waals surface area contributed by atoms with Crippen molar-refractivity contribution < 1.29 is 9.53 Å². The normalized spacial score (nSPS) is 32.2. The molecule has 2 bridgehead atoms. The molecule has 0 amide bonds. The van der Waals surface area contributed by atoms with E-state index in [1.165, 1.54) is 5.57 Å². The summed E-state index contributed by atoms with van der Waals surface area (Å²) in [6.45, 7) is 8.22. The topological polar surface area (TPSA) is 26.3 Å². The zero-order valence-electron chi connectivity index (χ0n) is 10.7. The Balaban J connectivity index is 2.24. The second-order valence-electron chi connectivity index (χ2n) is 5.14. The molecule has 1 aliphatic heterocycles. The lowest BCUT2D eigenvalue weighted by Gasteiger charge is -2.22. The van der Waals surface area contributed by atoms with Crippen LogP contribution in [0.3, 0.4) is 0 Å². The van der Waals surface area contributed by atoms with E-state index in [1.807, 2.05) is 13.0 Å². The number of hydrogen-bond acceptors (Lipinski definition) is 2. The quantitative estimate of drug-likeness (QED) is 0.510. The third-order valence-electron chi connectivity index (χ3n) is 3.66. The first-order chi connectivity index (χ1) is 8.08. The van der Waals surface area contributed by atoms with Gasteiger partial charge in [-0.3, -0.25) is 0 Å². The summed E-state index contributed by atoms with van der Waals surface area (Å²) in [7, 11) is 0. The van der Waals surface area contributed by atoms with Crippen LogP contribution in [0.25, 0.3) is 0 Å². The molecule has 2 atom stereocenters. The molecule has 2 rings (SSSR count). The van der Waals surface area contributed by atoms with Crippen molar-refractivity contribution in [3.63, 3.8) is 0 Å². The van der Waals surface area contributed by atoms with Gasteiger partial charge < -0.3 is 4.74 Å². The van der Waals surface area contributed by atoms with Crippen molar-refractivity contribution in [2.75, 3.05) is 0 Å². The van der Waals surface area contributed by atoms with Gasteiger partial charge in [0.2, 0.25) is 0 Å². The predicted octanol–water partition coefficient (Wildman–Crippen LogP) is 3.55. The van der Waals surface area contributed by atoms with Crippen LogP contribution in [-0.2, 0) is 9.53 Å². The van der Waals surface area contributed by atoms with Crippen LogP contribution in [0.1, 0.15) is 39.5 Å². The van der Waals surface area contributed by atoms with E-state index in [0.29, 0.717) is 0 Å². The van der Waals surface area contributed by atoms with Gasteiger partial charge in [-0.1, -0.05) is 23.8 Å². The zero-order valence-corrected chi connectivity index (χ0v) is 10.7. The molecule has 0 spiro atoms. The van der Waals surface area contributed by atoms with Crippen molar-refractivity contribution in [1.82, 2.24) is 0 Å². The Labute approximate surface area is 103 Å². The molecule has 0 aromatic carbocycles. The third-order valence-corrected chi connectivity index (χ3v) is 3.66. The zero-order chi connectivity index (χ0) is 12.4. The van der Waals surface area contributed by atoms with E-state index in [2.05, 4.69) is 19.6 Å². The highest BCUT2D eigenvalue weighted by molar-refractivity contribution is 5.91. The Bertz CT molecular complexity index is 401. The number of carbonyl (C=O) groups excluding carboxylic acids is 1. The molecule has 17 heavy (non-hydrogen) atoms. The van der Waals surface area contributed by atoms with E-state index in [0.717, 1.165) is 36.8 Å². The molecule has 0 aromatic rings.